The van der Waals surface area contributed by atoms with E-state index >= 15 is 0 Å². The zero-order valence-corrected chi connectivity index (χ0v) is 14.5. The highest BCUT2D eigenvalue weighted by Crippen LogP contribution is 2.28. The summed E-state index contributed by atoms with van der Waals surface area (Å²) in [5, 5.41) is 3.39. The normalized spacial score (nSPS) is 10.7. The highest BCUT2D eigenvalue weighted by atomic mass is 79.9. The number of nitrogens with one attached hydrogen (secondary N) is 1. The molecule has 0 radical (unpaired) electrons. The zero-order chi connectivity index (χ0) is 15.2. The van der Waals surface area contributed by atoms with E-state index in [1.54, 1.807) is 0 Å². The Bertz CT molecular complexity index is 611. The Morgan fingerprint density at radius 1 is 1.14 bits per heavy atom. The van der Waals surface area contributed by atoms with Crippen LogP contribution < -0.4 is 5.32 Å². The van der Waals surface area contributed by atoms with Crippen molar-refractivity contribution >= 4 is 21.7 Å². The van der Waals surface area contributed by atoms with E-state index in [4.69, 9.17) is 9.97 Å². The first-order valence-electron chi connectivity index (χ1n) is 7.53. The van der Waals surface area contributed by atoms with Gasteiger partial charge in [-0.3, -0.25) is 0 Å². The number of halogens is 1. The second-order valence-electron chi connectivity index (χ2n) is 5.20. The minimum atomic E-state index is 0.795. The van der Waals surface area contributed by atoms with Crippen molar-refractivity contribution in [3.8, 4) is 11.4 Å². The van der Waals surface area contributed by atoms with Crippen molar-refractivity contribution in [3.05, 3.63) is 40.0 Å². The van der Waals surface area contributed by atoms with Crippen molar-refractivity contribution in [3.63, 3.8) is 0 Å². The minimum Gasteiger partial charge on any atom is -0.369 e. The maximum Gasteiger partial charge on any atom is 0.161 e. The Morgan fingerprint density at radius 3 is 2.62 bits per heavy atom. The monoisotopic (exact) mass is 347 g/mol. The molecule has 1 heterocycles. The molecule has 4 heteroatoms. The number of hydrogen-bond donors (Lipinski definition) is 1. The van der Waals surface area contributed by atoms with Crippen molar-refractivity contribution in [1.82, 2.24) is 9.97 Å². The molecule has 2 aromatic rings. The van der Waals surface area contributed by atoms with Gasteiger partial charge in [-0.1, -0.05) is 44.0 Å². The fourth-order valence-electron chi connectivity index (χ4n) is 2.17. The lowest BCUT2D eigenvalue weighted by atomic mass is 10.1. The summed E-state index contributed by atoms with van der Waals surface area (Å²) in [6.45, 7) is 7.32. The van der Waals surface area contributed by atoms with Crippen LogP contribution in [0, 0.1) is 6.92 Å². The van der Waals surface area contributed by atoms with Crippen LogP contribution in [0.5, 0.6) is 0 Å². The third kappa shape index (κ3) is 4.03. The molecular weight excluding hydrogens is 326 g/mol. The number of hydrogen-bond acceptors (Lipinski definition) is 3. The molecule has 0 fully saturated rings. The summed E-state index contributed by atoms with van der Waals surface area (Å²) in [4.78, 5) is 9.44. The summed E-state index contributed by atoms with van der Waals surface area (Å²) < 4.78 is 0.995. The van der Waals surface area contributed by atoms with Gasteiger partial charge < -0.3 is 5.32 Å². The highest BCUT2D eigenvalue weighted by molar-refractivity contribution is 9.10. The molecule has 0 atom stereocenters. The topological polar surface area (TPSA) is 37.8 Å². The maximum atomic E-state index is 4.74. The summed E-state index contributed by atoms with van der Waals surface area (Å²) in [6.07, 6.45) is 3.08. The standard InChI is InChI=1S/C17H22BrN3/c1-4-7-14-15(18)17(19-10-5-2)21-16(20-14)13-9-6-8-12(3)11-13/h6,8-9,11H,4-5,7,10H2,1-3H3,(H,19,20,21). The van der Waals surface area contributed by atoms with Crippen LogP contribution in [0.1, 0.15) is 37.9 Å². The van der Waals surface area contributed by atoms with Crippen LogP contribution >= 0.6 is 15.9 Å². The summed E-state index contributed by atoms with van der Waals surface area (Å²) in [7, 11) is 0. The van der Waals surface area contributed by atoms with Gasteiger partial charge in [-0.25, -0.2) is 9.97 Å². The average Bonchev–Trinajstić information content (AvgIpc) is 2.48. The summed E-state index contributed by atoms with van der Waals surface area (Å²) >= 11 is 3.65. The van der Waals surface area contributed by atoms with Crippen LogP contribution in [-0.2, 0) is 6.42 Å². The second-order valence-corrected chi connectivity index (χ2v) is 6.00. The van der Waals surface area contributed by atoms with Crippen LogP contribution in [0.3, 0.4) is 0 Å². The third-order valence-electron chi connectivity index (χ3n) is 3.23. The lowest BCUT2D eigenvalue weighted by Crippen LogP contribution is -2.07. The van der Waals surface area contributed by atoms with Gasteiger partial charge in [0.05, 0.1) is 10.2 Å². The summed E-state index contributed by atoms with van der Waals surface area (Å²) in [6, 6.07) is 8.33. The van der Waals surface area contributed by atoms with Gasteiger partial charge in [0.25, 0.3) is 0 Å². The molecule has 0 aliphatic heterocycles. The van der Waals surface area contributed by atoms with Crippen LogP contribution in [-0.4, -0.2) is 16.5 Å². The predicted octanol–water partition coefficient (Wildman–Crippen LogP) is 4.99. The molecule has 0 amide bonds. The molecule has 0 unspecified atom stereocenters. The van der Waals surface area contributed by atoms with Crippen molar-refractivity contribution in [2.45, 2.75) is 40.0 Å². The highest BCUT2D eigenvalue weighted by Gasteiger charge is 2.12. The Labute approximate surface area is 135 Å². The van der Waals surface area contributed by atoms with E-state index in [0.29, 0.717) is 0 Å². The first kappa shape index (κ1) is 16.0. The van der Waals surface area contributed by atoms with E-state index in [9.17, 15) is 0 Å². The van der Waals surface area contributed by atoms with E-state index in [2.05, 4.69) is 66.3 Å². The van der Waals surface area contributed by atoms with Crippen LogP contribution in [0.4, 0.5) is 5.82 Å². The van der Waals surface area contributed by atoms with E-state index in [1.807, 2.05) is 0 Å². The van der Waals surface area contributed by atoms with Gasteiger partial charge in [-0.05, 0) is 41.8 Å². The molecule has 1 aromatic heterocycles. The quantitative estimate of drug-likeness (QED) is 0.799. The van der Waals surface area contributed by atoms with Crippen LogP contribution in [0.15, 0.2) is 28.7 Å². The van der Waals surface area contributed by atoms with Gasteiger partial charge >= 0.3 is 0 Å². The molecule has 112 valence electrons. The first-order chi connectivity index (χ1) is 10.2. The molecular formula is C17H22BrN3. The summed E-state index contributed by atoms with van der Waals surface area (Å²) in [5.74, 6) is 1.69. The van der Waals surface area contributed by atoms with Crippen molar-refractivity contribution in [2.24, 2.45) is 0 Å². The second kappa shape index (κ2) is 7.55. The van der Waals surface area contributed by atoms with Gasteiger partial charge in [-0.15, -0.1) is 0 Å². The molecule has 21 heavy (non-hydrogen) atoms. The van der Waals surface area contributed by atoms with E-state index in [0.717, 1.165) is 53.2 Å². The number of anilines is 1. The number of nitrogens with zero attached hydrogens (tertiary/aromatic N) is 2. The van der Waals surface area contributed by atoms with Crippen molar-refractivity contribution in [1.29, 1.82) is 0 Å². The van der Waals surface area contributed by atoms with Gasteiger partial charge in [0, 0.05) is 12.1 Å². The largest absolute Gasteiger partial charge is 0.369 e. The van der Waals surface area contributed by atoms with Gasteiger partial charge in [0.2, 0.25) is 0 Å². The fourth-order valence-corrected chi connectivity index (χ4v) is 2.69. The molecule has 0 aliphatic rings. The number of benzene rings is 1. The number of aryl methyl sites for hydroxylation is 2. The third-order valence-corrected chi connectivity index (χ3v) is 4.06. The van der Waals surface area contributed by atoms with Crippen molar-refractivity contribution < 1.29 is 0 Å². The Hall–Kier alpha value is -1.42. The molecule has 3 nitrogen and oxygen atoms in total. The first-order valence-corrected chi connectivity index (χ1v) is 8.32. The van der Waals surface area contributed by atoms with E-state index < -0.39 is 0 Å². The Kier molecular flexibility index (Phi) is 5.74. The van der Waals surface area contributed by atoms with Gasteiger partial charge in [0.15, 0.2) is 5.82 Å². The predicted molar refractivity (Wildman–Crippen MR) is 92.7 cm³/mol. The minimum absolute atomic E-state index is 0.795. The number of aromatic nitrogens is 2. The van der Waals surface area contributed by atoms with Gasteiger partial charge in [0.1, 0.15) is 5.82 Å². The van der Waals surface area contributed by atoms with Crippen LogP contribution in [0.25, 0.3) is 11.4 Å². The molecule has 0 saturated heterocycles. The fraction of sp³-hybridized carbons (Fsp3) is 0.412. The molecule has 0 saturated carbocycles. The van der Waals surface area contributed by atoms with Crippen LogP contribution in [0.2, 0.25) is 0 Å². The Morgan fingerprint density at radius 2 is 1.95 bits per heavy atom. The molecule has 0 aliphatic carbocycles. The summed E-state index contributed by atoms with van der Waals surface area (Å²) in [5.41, 5.74) is 3.36. The van der Waals surface area contributed by atoms with Crippen molar-refractivity contribution in [2.75, 3.05) is 11.9 Å². The molecule has 1 aromatic carbocycles. The van der Waals surface area contributed by atoms with E-state index in [-0.39, 0.29) is 0 Å². The molecule has 2 rings (SSSR count). The smallest absolute Gasteiger partial charge is 0.161 e. The number of rotatable bonds is 6. The molecule has 1 N–H and O–H groups in total. The van der Waals surface area contributed by atoms with Gasteiger partial charge in [-0.2, -0.15) is 0 Å². The molecule has 0 bridgehead atoms. The molecule has 0 spiro atoms. The van der Waals surface area contributed by atoms with E-state index in [1.165, 1.54) is 5.56 Å². The average molecular weight is 348 g/mol. The lowest BCUT2D eigenvalue weighted by molar-refractivity contribution is 0.864. The SMILES string of the molecule is CCCNc1nc(-c2cccc(C)c2)nc(CCC)c1Br. The maximum absolute atomic E-state index is 4.74. The Balaban J connectivity index is 2.47. The zero-order valence-electron chi connectivity index (χ0n) is 12.9. The lowest BCUT2D eigenvalue weighted by Gasteiger charge is -2.12.